The minimum atomic E-state index is 0.226. The summed E-state index contributed by atoms with van der Waals surface area (Å²) in [5.74, 6) is 1.29. The molecule has 1 aliphatic carbocycles. The van der Waals surface area contributed by atoms with Crippen LogP contribution >= 0.6 is 15.9 Å². The molecule has 1 fully saturated rings. The Hall–Kier alpha value is -0.840. The normalized spacial score (nSPS) is 18.3. The summed E-state index contributed by atoms with van der Waals surface area (Å²) >= 11 is 3.40. The number of hydrogen-bond acceptors (Lipinski definition) is 4. The second-order valence-corrected chi connectivity index (χ2v) is 4.83. The lowest BCUT2D eigenvalue weighted by Gasteiger charge is -2.42. The number of nitrogens with zero attached hydrogens (tertiary/aromatic N) is 2. The highest BCUT2D eigenvalue weighted by molar-refractivity contribution is 9.10. The number of nitrogens with two attached hydrogens (primary N) is 1. The fourth-order valence-electron chi connectivity index (χ4n) is 1.89. The van der Waals surface area contributed by atoms with Gasteiger partial charge < -0.3 is 11.1 Å². The van der Waals surface area contributed by atoms with Gasteiger partial charge in [-0.2, -0.15) is 0 Å². The Morgan fingerprint density at radius 1 is 1.53 bits per heavy atom. The smallest absolute Gasteiger partial charge is 0.146 e. The molecule has 0 unspecified atom stereocenters. The van der Waals surface area contributed by atoms with Crippen molar-refractivity contribution in [2.45, 2.75) is 38.1 Å². The first kappa shape index (κ1) is 10.7. The molecule has 1 saturated carbocycles. The van der Waals surface area contributed by atoms with Crippen LogP contribution < -0.4 is 11.1 Å². The van der Waals surface area contributed by atoms with E-state index in [4.69, 9.17) is 5.73 Å². The molecule has 4 nitrogen and oxygen atoms in total. The van der Waals surface area contributed by atoms with Gasteiger partial charge in [-0.25, -0.2) is 9.97 Å². The van der Waals surface area contributed by atoms with Gasteiger partial charge in [-0.3, -0.25) is 0 Å². The van der Waals surface area contributed by atoms with Gasteiger partial charge in [0.2, 0.25) is 0 Å². The van der Waals surface area contributed by atoms with Crippen molar-refractivity contribution in [3.05, 3.63) is 10.8 Å². The van der Waals surface area contributed by atoms with Crippen LogP contribution in [0.2, 0.25) is 0 Å². The van der Waals surface area contributed by atoms with Crippen molar-refractivity contribution in [1.82, 2.24) is 9.97 Å². The summed E-state index contributed by atoms with van der Waals surface area (Å²) in [5, 5.41) is 3.47. The first-order valence-corrected chi connectivity index (χ1v) is 6.00. The third kappa shape index (κ3) is 1.93. The predicted molar refractivity (Wildman–Crippen MR) is 64.6 cm³/mol. The minimum Gasteiger partial charge on any atom is -0.383 e. The fourth-order valence-corrected chi connectivity index (χ4v) is 2.20. The molecule has 3 N–H and O–H groups in total. The molecule has 0 spiro atoms. The maximum absolute atomic E-state index is 5.70. The molecular formula is C10H15BrN4. The molecular weight excluding hydrogens is 256 g/mol. The zero-order valence-corrected chi connectivity index (χ0v) is 10.3. The number of anilines is 2. The second-order valence-electron chi connectivity index (χ2n) is 4.03. The van der Waals surface area contributed by atoms with Crippen molar-refractivity contribution in [2.24, 2.45) is 0 Å². The van der Waals surface area contributed by atoms with Crippen molar-refractivity contribution in [1.29, 1.82) is 0 Å². The molecule has 1 heterocycles. The van der Waals surface area contributed by atoms with Gasteiger partial charge in [0.05, 0.1) is 0 Å². The minimum absolute atomic E-state index is 0.226. The van der Waals surface area contributed by atoms with Crippen molar-refractivity contribution in [2.75, 3.05) is 11.1 Å². The van der Waals surface area contributed by atoms with E-state index in [1.165, 1.54) is 25.6 Å². The van der Waals surface area contributed by atoms with Crippen LogP contribution in [0.3, 0.4) is 0 Å². The Labute approximate surface area is 97.8 Å². The van der Waals surface area contributed by atoms with Crippen LogP contribution in [0.1, 0.15) is 32.6 Å². The van der Waals surface area contributed by atoms with Gasteiger partial charge in [-0.05, 0) is 41.6 Å². The van der Waals surface area contributed by atoms with E-state index < -0.39 is 0 Å². The average Bonchev–Trinajstić information content (AvgIpc) is 2.18. The van der Waals surface area contributed by atoms with Crippen LogP contribution in [0.4, 0.5) is 11.6 Å². The Morgan fingerprint density at radius 3 is 2.80 bits per heavy atom. The third-order valence-corrected chi connectivity index (χ3v) is 3.97. The molecule has 1 aromatic rings. The highest BCUT2D eigenvalue weighted by Gasteiger charge is 2.35. The number of rotatable bonds is 3. The summed E-state index contributed by atoms with van der Waals surface area (Å²) in [7, 11) is 0. The topological polar surface area (TPSA) is 63.8 Å². The Balaban J connectivity index is 2.20. The Kier molecular flexibility index (Phi) is 2.82. The van der Waals surface area contributed by atoms with Crippen molar-refractivity contribution in [3.63, 3.8) is 0 Å². The molecule has 82 valence electrons. The molecule has 0 amide bonds. The first-order chi connectivity index (χ1) is 7.17. The molecule has 5 heteroatoms. The maximum atomic E-state index is 5.70. The third-order valence-electron chi connectivity index (χ3n) is 3.19. The van der Waals surface area contributed by atoms with Crippen molar-refractivity contribution in [3.8, 4) is 0 Å². The zero-order valence-electron chi connectivity index (χ0n) is 8.76. The van der Waals surface area contributed by atoms with E-state index in [1.807, 2.05) is 0 Å². The van der Waals surface area contributed by atoms with Gasteiger partial charge in [0.15, 0.2) is 0 Å². The Morgan fingerprint density at radius 2 is 2.27 bits per heavy atom. The standard InChI is InChI=1S/C10H15BrN4/c1-2-10(4-3-5-10)15-9-7(11)8(12)13-6-14-9/h6H,2-5H2,1H3,(H3,12,13,14,15). The van der Waals surface area contributed by atoms with Crippen LogP contribution in [-0.2, 0) is 0 Å². The molecule has 0 saturated heterocycles. The summed E-state index contributed by atoms with van der Waals surface area (Å²) < 4.78 is 0.768. The number of halogens is 1. The number of hydrogen-bond donors (Lipinski definition) is 2. The lowest BCUT2D eigenvalue weighted by Crippen LogP contribution is -2.44. The van der Waals surface area contributed by atoms with E-state index in [9.17, 15) is 0 Å². The van der Waals surface area contributed by atoms with Gasteiger partial charge in [0.1, 0.15) is 22.4 Å². The number of aromatic nitrogens is 2. The summed E-state index contributed by atoms with van der Waals surface area (Å²) in [5.41, 5.74) is 5.93. The van der Waals surface area contributed by atoms with Crippen LogP contribution in [0.15, 0.2) is 10.8 Å². The molecule has 0 aliphatic heterocycles. The molecule has 1 aliphatic rings. The van der Waals surface area contributed by atoms with E-state index in [-0.39, 0.29) is 5.54 Å². The lowest BCUT2D eigenvalue weighted by atomic mass is 9.75. The molecule has 2 rings (SSSR count). The van der Waals surface area contributed by atoms with Gasteiger partial charge in [-0.15, -0.1) is 0 Å². The van der Waals surface area contributed by atoms with Crippen molar-refractivity contribution < 1.29 is 0 Å². The van der Waals surface area contributed by atoms with Gasteiger partial charge in [0, 0.05) is 5.54 Å². The van der Waals surface area contributed by atoms with Crippen molar-refractivity contribution >= 4 is 27.6 Å². The molecule has 0 bridgehead atoms. The summed E-state index contributed by atoms with van der Waals surface area (Å²) in [6.45, 7) is 2.20. The predicted octanol–water partition coefficient (Wildman–Crippen LogP) is 2.57. The van der Waals surface area contributed by atoms with Gasteiger partial charge in [-0.1, -0.05) is 6.92 Å². The summed E-state index contributed by atoms with van der Waals surface area (Å²) in [6.07, 6.45) is 6.31. The summed E-state index contributed by atoms with van der Waals surface area (Å²) in [6, 6.07) is 0. The zero-order chi connectivity index (χ0) is 10.9. The fraction of sp³-hybridized carbons (Fsp3) is 0.600. The average molecular weight is 271 g/mol. The van der Waals surface area contributed by atoms with Crippen LogP contribution in [0, 0.1) is 0 Å². The highest BCUT2D eigenvalue weighted by atomic mass is 79.9. The monoisotopic (exact) mass is 270 g/mol. The van der Waals surface area contributed by atoms with E-state index in [2.05, 4.69) is 38.1 Å². The number of nitrogens with one attached hydrogen (secondary N) is 1. The first-order valence-electron chi connectivity index (χ1n) is 5.21. The lowest BCUT2D eigenvalue weighted by molar-refractivity contribution is 0.268. The van der Waals surface area contributed by atoms with E-state index in [0.717, 1.165) is 16.7 Å². The molecule has 0 atom stereocenters. The van der Waals surface area contributed by atoms with Gasteiger partial charge in [0.25, 0.3) is 0 Å². The van der Waals surface area contributed by atoms with Crippen LogP contribution in [0.5, 0.6) is 0 Å². The van der Waals surface area contributed by atoms with Crippen LogP contribution in [0.25, 0.3) is 0 Å². The molecule has 0 aromatic carbocycles. The Bertz CT molecular complexity index is 357. The second kappa shape index (κ2) is 3.96. The largest absolute Gasteiger partial charge is 0.383 e. The molecule has 1 aromatic heterocycles. The number of nitrogen functional groups attached to an aromatic ring is 1. The molecule has 0 radical (unpaired) electrons. The quantitative estimate of drug-likeness (QED) is 0.886. The van der Waals surface area contributed by atoms with Crippen LogP contribution in [-0.4, -0.2) is 15.5 Å². The van der Waals surface area contributed by atoms with Gasteiger partial charge >= 0.3 is 0 Å². The SMILES string of the molecule is CCC1(Nc2ncnc(N)c2Br)CCC1. The maximum Gasteiger partial charge on any atom is 0.146 e. The van der Waals surface area contributed by atoms with E-state index in [1.54, 1.807) is 0 Å². The highest BCUT2D eigenvalue weighted by Crippen LogP contribution is 2.39. The van der Waals surface area contributed by atoms with E-state index >= 15 is 0 Å². The molecule has 15 heavy (non-hydrogen) atoms. The summed E-state index contributed by atoms with van der Waals surface area (Å²) in [4.78, 5) is 8.12. The van der Waals surface area contributed by atoms with E-state index in [0.29, 0.717) is 5.82 Å².